The van der Waals surface area contributed by atoms with Gasteiger partial charge in [-0.05, 0) is 26.7 Å². The molecule has 21 heavy (non-hydrogen) atoms. The summed E-state index contributed by atoms with van der Waals surface area (Å²) >= 11 is 0. The van der Waals surface area contributed by atoms with Crippen LogP contribution < -0.4 is 10.9 Å². The molecule has 0 bridgehead atoms. The van der Waals surface area contributed by atoms with Gasteiger partial charge in [-0.2, -0.15) is 5.10 Å². The van der Waals surface area contributed by atoms with Gasteiger partial charge in [0.1, 0.15) is 0 Å². The van der Waals surface area contributed by atoms with Crippen LogP contribution in [0.15, 0.2) is 17.1 Å². The van der Waals surface area contributed by atoms with Crippen molar-refractivity contribution >= 4 is 15.5 Å². The Morgan fingerprint density at radius 2 is 1.95 bits per heavy atom. The number of nitrogens with one attached hydrogen (secondary N) is 1. The highest BCUT2D eigenvalue weighted by Gasteiger charge is 2.28. The van der Waals surface area contributed by atoms with Gasteiger partial charge in [0, 0.05) is 12.6 Å². The van der Waals surface area contributed by atoms with Gasteiger partial charge in [0.25, 0.3) is 5.56 Å². The fourth-order valence-corrected chi connectivity index (χ4v) is 2.56. The molecule has 0 atom stereocenters. The van der Waals surface area contributed by atoms with Crippen molar-refractivity contribution in [3.8, 4) is 0 Å². The lowest BCUT2D eigenvalue weighted by Crippen LogP contribution is -2.34. The Morgan fingerprint density at radius 3 is 2.43 bits per heavy atom. The Balaban J connectivity index is 2.76. The Bertz CT molecular complexity index is 628. The van der Waals surface area contributed by atoms with Gasteiger partial charge in [-0.1, -0.05) is 13.8 Å². The molecule has 120 valence electrons. The first-order chi connectivity index (χ1) is 9.53. The minimum Gasteiger partial charge on any atom is -0.383 e. The standard InChI is InChI=1S/C14H25N3O3S/c1-11(2)9-15-12-8-13(18)17(16-10-12)6-7-21(19,20)14(3,4)5/h8,10-11,15H,6-7,9H2,1-5H3. The normalized spacial score (nSPS) is 12.7. The van der Waals surface area contributed by atoms with E-state index < -0.39 is 14.6 Å². The zero-order valence-electron chi connectivity index (χ0n) is 13.4. The van der Waals surface area contributed by atoms with Gasteiger partial charge in [0.05, 0.1) is 28.9 Å². The van der Waals surface area contributed by atoms with E-state index in [4.69, 9.17) is 0 Å². The van der Waals surface area contributed by atoms with Crippen molar-refractivity contribution in [2.45, 2.75) is 45.9 Å². The second-order valence-electron chi connectivity index (χ2n) is 6.51. The first kappa shape index (κ1) is 17.7. The Hall–Kier alpha value is -1.37. The van der Waals surface area contributed by atoms with Crippen molar-refractivity contribution in [2.75, 3.05) is 17.6 Å². The van der Waals surface area contributed by atoms with Crippen molar-refractivity contribution in [1.29, 1.82) is 0 Å². The van der Waals surface area contributed by atoms with E-state index in [1.807, 2.05) is 0 Å². The molecule has 1 rings (SSSR count). The third-order valence-corrected chi connectivity index (χ3v) is 5.67. The van der Waals surface area contributed by atoms with Gasteiger partial charge in [-0.15, -0.1) is 0 Å². The molecule has 0 radical (unpaired) electrons. The van der Waals surface area contributed by atoms with E-state index in [1.165, 1.54) is 10.7 Å². The summed E-state index contributed by atoms with van der Waals surface area (Å²) in [6.45, 7) is 9.91. The Kier molecular flexibility index (Phi) is 5.55. The van der Waals surface area contributed by atoms with Crippen molar-refractivity contribution in [3.63, 3.8) is 0 Å². The van der Waals surface area contributed by atoms with E-state index in [9.17, 15) is 13.2 Å². The number of hydrogen-bond acceptors (Lipinski definition) is 5. The number of sulfone groups is 1. The monoisotopic (exact) mass is 315 g/mol. The molecule has 6 nitrogen and oxygen atoms in total. The van der Waals surface area contributed by atoms with Gasteiger partial charge in [0.15, 0.2) is 9.84 Å². The predicted octanol–water partition coefficient (Wildman–Crippen LogP) is 1.52. The second kappa shape index (κ2) is 6.60. The van der Waals surface area contributed by atoms with Crippen LogP contribution in [0.1, 0.15) is 34.6 Å². The summed E-state index contributed by atoms with van der Waals surface area (Å²) in [7, 11) is -3.26. The molecule has 0 amide bonds. The van der Waals surface area contributed by atoms with E-state index in [0.717, 1.165) is 6.54 Å². The highest BCUT2D eigenvalue weighted by molar-refractivity contribution is 7.92. The second-order valence-corrected chi connectivity index (χ2v) is 9.37. The van der Waals surface area contributed by atoms with Crippen molar-refractivity contribution in [2.24, 2.45) is 5.92 Å². The van der Waals surface area contributed by atoms with Crippen LogP contribution in [0.25, 0.3) is 0 Å². The number of nitrogens with zero attached hydrogens (tertiary/aromatic N) is 2. The molecule has 0 unspecified atom stereocenters. The van der Waals surface area contributed by atoms with E-state index in [-0.39, 0.29) is 17.9 Å². The fraction of sp³-hybridized carbons (Fsp3) is 0.714. The minimum atomic E-state index is -3.26. The zero-order valence-corrected chi connectivity index (χ0v) is 14.2. The lowest BCUT2D eigenvalue weighted by molar-refractivity contribution is 0.543. The highest BCUT2D eigenvalue weighted by Crippen LogP contribution is 2.15. The summed E-state index contributed by atoms with van der Waals surface area (Å²) in [4.78, 5) is 11.9. The molecule has 1 N–H and O–H groups in total. The van der Waals surface area contributed by atoms with Gasteiger partial charge in [-0.3, -0.25) is 4.79 Å². The SMILES string of the molecule is CC(C)CNc1cnn(CCS(=O)(=O)C(C)(C)C)c(=O)c1. The summed E-state index contributed by atoms with van der Waals surface area (Å²) in [5.74, 6) is 0.367. The van der Waals surface area contributed by atoms with E-state index >= 15 is 0 Å². The average Bonchev–Trinajstić information content (AvgIpc) is 2.33. The van der Waals surface area contributed by atoms with Crippen LogP contribution in [-0.2, 0) is 16.4 Å². The van der Waals surface area contributed by atoms with Gasteiger partial charge >= 0.3 is 0 Å². The molecule has 0 aliphatic rings. The van der Waals surface area contributed by atoms with E-state index in [1.54, 1.807) is 27.0 Å². The highest BCUT2D eigenvalue weighted by atomic mass is 32.2. The Labute approximate surface area is 126 Å². The summed E-state index contributed by atoms with van der Waals surface area (Å²) in [6.07, 6.45) is 1.55. The summed E-state index contributed by atoms with van der Waals surface area (Å²) in [6, 6.07) is 1.44. The number of aryl methyl sites for hydroxylation is 1. The van der Waals surface area contributed by atoms with Crippen LogP contribution in [-0.4, -0.2) is 35.2 Å². The number of anilines is 1. The lowest BCUT2D eigenvalue weighted by Gasteiger charge is -2.19. The summed E-state index contributed by atoms with van der Waals surface area (Å²) < 4.78 is 24.4. The number of aromatic nitrogens is 2. The molecule has 1 aromatic rings. The van der Waals surface area contributed by atoms with Crippen LogP contribution >= 0.6 is 0 Å². The summed E-state index contributed by atoms with van der Waals surface area (Å²) in [5.41, 5.74) is 0.358. The maximum absolute atomic E-state index is 12.0. The smallest absolute Gasteiger partial charge is 0.268 e. The van der Waals surface area contributed by atoms with Crippen LogP contribution in [0.4, 0.5) is 5.69 Å². The Morgan fingerprint density at radius 1 is 1.33 bits per heavy atom. The third-order valence-electron chi connectivity index (χ3n) is 3.09. The van der Waals surface area contributed by atoms with Crippen LogP contribution in [0.2, 0.25) is 0 Å². The van der Waals surface area contributed by atoms with Gasteiger partial charge in [-0.25, -0.2) is 13.1 Å². The molecule has 0 fully saturated rings. The van der Waals surface area contributed by atoms with E-state index in [0.29, 0.717) is 11.6 Å². The van der Waals surface area contributed by atoms with Crippen LogP contribution in [0, 0.1) is 5.92 Å². The molecule has 0 aliphatic carbocycles. The minimum absolute atomic E-state index is 0.0723. The number of rotatable bonds is 6. The molecule has 0 saturated carbocycles. The maximum atomic E-state index is 12.0. The average molecular weight is 315 g/mol. The third kappa shape index (κ3) is 5.15. The van der Waals surface area contributed by atoms with Crippen molar-refractivity contribution in [1.82, 2.24) is 9.78 Å². The molecule has 1 heterocycles. The van der Waals surface area contributed by atoms with E-state index in [2.05, 4.69) is 24.3 Å². The topological polar surface area (TPSA) is 81.1 Å². The largest absolute Gasteiger partial charge is 0.383 e. The van der Waals surface area contributed by atoms with Gasteiger partial charge in [0.2, 0.25) is 0 Å². The quantitative estimate of drug-likeness (QED) is 0.861. The van der Waals surface area contributed by atoms with Crippen molar-refractivity contribution in [3.05, 3.63) is 22.6 Å². The summed E-state index contributed by atoms with van der Waals surface area (Å²) in [5, 5.41) is 7.13. The molecular weight excluding hydrogens is 290 g/mol. The van der Waals surface area contributed by atoms with Gasteiger partial charge < -0.3 is 5.32 Å². The molecule has 0 aromatic carbocycles. The molecular formula is C14H25N3O3S. The fourth-order valence-electron chi connectivity index (χ4n) is 1.53. The van der Waals surface area contributed by atoms with Crippen molar-refractivity contribution < 1.29 is 8.42 Å². The first-order valence-corrected chi connectivity index (χ1v) is 8.71. The van der Waals surface area contributed by atoms with Crippen LogP contribution in [0.5, 0.6) is 0 Å². The predicted molar refractivity (Wildman–Crippen MR) is 85.4 cm³/mol. The first-order valence-electron chi connectivity index (χ1n) is 7.06. The molecule has 0 saturated heterocycles. The maximum Gasteiger partial charge on any atom is 0.268 e. The zero-order chi connectivity index (χ0) is 16.3. The number of hydrogen-bond donors (Lipinski definition) is 1. The molecule has 7 heteroatoms. The lowest BCUT2D eigenvalue weighted by atomic mass is 10.2. The molecule has 1 aromatic heterocycles. The van der Waals surface area contributed by atoms with Crippen LogP contribution in [0.3, 0.4) is 0 Å². The molecule has 0 aliphatic heterocycles. The molecule has 0 spiro atoms.